The molecule has 2 aromatic rings. The number of nitrogens with one attached hydrogen (secondary N) is 1. The molecule has 32 heavy (non-hydrogen) atoms. The van der Waals surface area contributed by atoms with Gasteiger partial charge in [0.15, 0.2) is 17.5 Å². The molecule has 2 amide bonds. The number of nitrogens with zero attached hydrogens (tertiary/aromatic N) is 4. The van der Waals surface area contributed by atoms with E-state index in [-0.39, 0.29) is 23.9 Å². The molecular formula is C24H24FN5O2. The summed E-state index contributed by atoms with van der Waals surface area (Å²) >= 11 is 0. The Morgan fingerprint density at radius 2 is 1.91 bits per heavy atom. The Morgan fingerprint density at radius 1 is 1.25 bits per heavy atom. The van der Waals surface area contributed by atoms with Gasteiger partial charge in [-0.25, -0.2) is 14.2 Å². The van der Waals surface area contributed by atoms with Crippen molar-refractivity contribution in [3.05, 3.63) is 60.6 Å². The molecule has 8 heteroatoms. The number of carbonyl (C=O) groups excluding carboxylic acids is 1. The highest BCUT2D eigenvalue weighted by Gasteiger charge is 2.47. The molecule has 0 atom stereocenters. The van der Waals surface area contributed by atoms with Crippen LogP contribution in [0.2, 0.25) is 0 Å². The van der Waals surface area contributed by atoms with Gasteiger partial charge in [-0.15, -0.1) is 0 Å². The van der Waals surface area contributed by atoms with E-state index >= 15 is 0 Å². The van der Waals surface area contributed by atoms with E-state index in [1.807, 2.05) is 0 Å². The lowest BCUT2D eigenvalue weighted by molar-refractivity contribution is 0.221. The van der Waals surface area contributed by atoms with Crippen LogP contribution >= 0.6 is 0 Å². The van der Waals surface area contributed by atoms with Crippen LogP contribution in [0.15, 0.2) is 43.3 Å². The number of anilines is 1. The lowest BCUT2D eigenvalue weighted by atomic mass is 10.2. The zero-order valence-corrected chi connectivity index (χ0v) is 17.9. The van der Waals surface area contributed by atoms with Gasteiger partial charge in [0, 0.05) is 19.1 Å². The van der Waals surface area contributed by atoms with Crippen molar-refractivity contribution in [2.75, 3.05) is 18.5 Å². The van der Waals surface area contributed by atoms with Crippen molar-refractivity contribution in [1.29, 1.82) is 0 Å². The summed E-state index contributed by atoms with van der Waals surface area (Å²) in [6, 6.07) is 6.16. The highest BCUT2D eigenvalue weighted by Crippen LogP contribution is 2.44. The van der Waals surface area contributed by atoms with Crippen LogP contribution in [0.3, 0.4) is 0 Å². The highest BCUT2D eigenvalue weighted by atomic mass is 19.1. The second-order valence-electron chi connectivity index (χ2n) is 8.32. The van der Waals surface area contributed by atoms with E-state index < -0.39 is 0 Å². The van der Waals surface area contributed by atoms with Crippen LogP contribution in [-0.2, 0) is 0 Å². The summed E-state index contributed by atoms with van der Waals surface area (Å²) in [6.07, 6.45) is 4.00. The van der Waals surface area contributed by atoms with E-state index in [1.165, 1.54) is 24.3 Å². The summed E-state index contributed by atoms with van der Waals surface area (Å²) in [5.74, 6) is 7.77. The summed E-state index contributed by atoms with van der Waals surface area (Å²) in [7, 11) is 1.80. The molecule has 0 radical (unpaired) electrons. The minimum Gasteiger partial charge on any atom is -0.442 e. The van der Waals surface area contributed by atoms with E-state index in [4.69, 9.17) is 4.74 Å². The first-order valence-corrected chi connectivity index (χ1v) is 10.7. The zero-order valence-electron chi connectivity index (χ0n) is 17.9. The quantitative estimate of drug-likeness (QED) is 0.554. The number of amides is 2. The molecule has 164 valence electrons. The van der Waals surface area contributed by atoms with Gasteiger partial charge in [0.1, 0.15) is 17.3 Å². The maximum absolute atomic E-state index is 13.1. The number of hydrogen-bond donors (Lipinski definition) is 1. The molecule has 1 aliphatic heterocycles. The number of hydrogen-bond acceptors (Lipinski definition) is 4. The molecule has 7 nitrogen and oxygen atoms in total. The molecule has 0 saturated heterocycles. The molecule has 2 saturated carbocycles. The summed E-state index contributed by atoms with van der Waals surface area (Å²) in [4.78, 5) is 26.3. The molecule has 1 aromatic carbocycles. The minimum atomic E-state index is -0.326. The van der Waals surface area contributed by atoms with Crippen LogP contribution in [-0.4, -0.2) is 51.5 Å². The number of imidazole rings is 1. The number of urea groups is 1. The Hall–Kier alpha value is -3.73. The summed E-state index contributed by atoms with van der Waals surface area (Å²) in [5.41, 5.74) is 1.44. The largest absolute Gasteiger partial charge is 0.442 e. The Bertz CT molecular complexity index is 1150. The fraction of sp³-hybridized carbons (Fsp3) is 0.333. The van der Waals surface area contributed by atoms with E-state index in [9.17, 15) is 9.18 Å². The predicted molar refractivity (Wildman–Crippen MR) is 119 cm³/mol. The van der Waals surface area contributed by atoms with Gasteiger partial charge in [0.2, 0.25) is 0 Å². The first-order chi connectivity index (χ1) is 15.4. The second-order valence-corrected chi connectivity index (χ2v) is 8.32. The number of carbonyl (C=O) groups is 1. The van der Waals surface area contributed by atoms with E-state index in [1.54, 1.807) is 21.7 Å². The Balaban J connectivity index is 1.29. The first-order valence-electron chi connectivity index (χ1n) is 10.7. The van der Waals surface area contributed by atoms with Crippen LogP contribution in [0.5, 0.6) is 5.75 Å². The SMILES string of the molecule is C=C(Oc1ccc(F)cc1)N(C)CC#Cc1nc2c([nH]1)C(=C)N(C1CC1)C(=O)N2C1CC1. The van der Waals surface area contributed by atoms with Gasteiger partial charge in [0.05, 0.1) is 12.2 Å². The number of fused-ring (bicyclic) bond motifs is 1. The topological polar surface area (TPSA) is 64.7 Å². The van der Waals surface area contributed by atoms with E-state index in [2.05, 4.69) is 35.0 Å². The summed E-state index contributed by atoms with van der Waals surface area (Å²) < 4.78 is 18.7. The minimum absolute atomic E-state index is 0.0208. The van der Waals surface area contributed by atoms with Crippen LogP contribution in [0.25, 0.3) is 5.70 Å². The molecule has 1 aromatic heterocycles. The third kappa shape index (κ3) is 3.82. The lowest BCUT2D eigenvalue weighted by Gasteiger charge is -2.35. The molecule has 2 fully saturated rings. The summed E-state index contributed by atoms with van der Waals surface area (Å²) in [6.45, 7) is 8.40. The van der Waals surface area contributed by atoms with Crippen molar-refractivity contribution in [2.45, 2.75) is 37.8 Å². The monoisotopic (exact) mass is 433 g/mol. The number of ether oxygens (including phenoxy) is 1. The van der Waals surface area contributed by atoms with Crippen molar-refractivity contribution in [3.8, 4) is 17.6 Å². The van der Waals surface area contributed by atoms with Gasteiger partial charge in [-0.2, -0.15) is 0 Å². The highest BCUT2D eigenvalue weighted by molar-refractivity contribution is 6.04. The van der Waals surface area contributed by atoms with E-state index in [0.29, 0.717) is 35.5 Å². The third-order valence-corrected chi connectivity index (χ3v) is 5.73. The maximum atomic E-state index is 13.1. The van der Waals surface area contributed by atoms with Crippen LogP contribution in [0.1, 0.15) is 37.2 Å². The van der Waals surface area contributed by atoms with Crippen molar-refractivity contribution in [2.24, 2.45) is 0 Å². The number of H-pyrrole nitrogens is 1. The number of rotatable bonds is 6. The van der Waals surface area contributed by atoms with Crippen molar-refractivity contribution in [1.82, 2.24) is 19.8 Å². The van der Waals surface area contributed by atoms with Gasteiger partial charge < -0.3 is 14.6 Å². The average Bonchev–Trinajstić information content (AvgIpc) is 3.69. The van der Waals surface area contributed by atoms with Gasteiger partial charge in [-0.3, -0.25) is 9.80 Å². The van der Waals surface area contributed by atoms with Gasteiger partial charge in [-0.1, -0.05) is 12.5 Å². The molecule has 0 bridgehead atoms. The summed E-state index contributed by atoms with van der Waals surface area (Å²) in [5, 5.41) is 0. The Kier molecular flexibility index (Phi) is 4.89. The van der Waals surface area contributed by atoms with Crippen molar-refractivity contribution < 1.29 is 13.9 Å². The van der Waals surface area contributed by atoms with E-state index in [0.717, 1.165) is 31.4 Å². The molecule has 0 spiro atoms. The molecule has 5 rings (SSSR count). The fourth-order valence-electron chi connectivity index (χ4n) is 3.66. The van der Waals surface area contributed by atoms with Gasteiger partial charge in [0.25, 0.3) is 0 Å². The smallest absolute Gasteiger partial charge is 0.330 e. The third-order valence-electron chi connectivity index (χ3n) is 5.73. The number of aromatic amines is 1. The molecule has 1 N–H and O–H groups in total. The standard InChI is InChI=1S/C24H24FN5O2/c1-15-22-23(30(19-10-11-19)24(31)29(15)18-8-9-18)27-21(26-22)5-4-14-28(3)16(2)32-20-12-6-17(25)7-13-20/h6-7,12-13,18-19H,1-2,8-11,14H2,3H3,(H,26,27). The molecule has 0 unspecified atom stereocenters. The van der Waals surface area contributed by atoms with Crippen LogP contribution in [0, 0.1) is 17.7 Å². The Labute approximate surface area is 186 Å². The molecule has 3 aliphatic rings. The first kappa shape index (κ1) is 20.2. The average molecular weight is 433 g/mol. The Morgan fingerprint density at radius 3 is 2.56 bits per heavy atom. The van der Waals surface area contributed by atoms with Crippen LogP contribution < -0.4 is 9.64 Å². The van der Waals surface area contributed by atoms with Crippen molar-refractivity contribution >= 4 is 17.5 Å². The number of halogens is 1. The normalized spacial score (nSPS) is 17.6. The van der Waals surface area contributed by atoms with Gasteiger partial charge in [-0.05, 0) is 62.4 Å². The molecular weight excluding hydrogens is 409 g/mol. The fourth-order valence-corrected chi connectivity index (χ4v) is 3.66. The molecule has 2 heterocycles. The number of aromatic nitrogens is 2. The maximum Gasteiger partial charge on any atom is 0.330 e. The van der Waals surface area contributed by atoms with Gasteiger partial charge >= 0.3 is 6.03 Å². The van der Waals surface area contributed by atoms with Crippen molar-refractivity contribution in [3.63, 3.8) is 0 Å². The lowest BCUT2D eigenvalue weighted by Crippen LogP contribution is -2.48. The number of benzene rings is 1. The molecule has 2 aliphatic carbocycles. The predicted octanol–water partition coefficient (Wildman–Crippen LogP) is 3.92. The van der Waals surface area contributed by atoms with Crippen LogP contribution in [0.4, 0.5) is 15.0 Å². The zero-order chi connectivity index (χ0) is 22.4. The second kappa shape index (κ2) is 7.75.